The largest absolute Gasteiger partial charge is 0.481 e. The Kier molecular flexibility index (Phi) is 5.33. The van der Waals surface area contributed by atoms with E-state index >= 15 is 0 Å². The monoisotopic (exact) mass is 389 g/mol. The van der Waals surface area contributed by atoms with E-state index in [4.69, 9.17) is 9.47 Å². The molecule has 1 aromatic heterocycles. The lowest BCUT2D eigenvalue weighted by atomic mass is 9.94. The molecule has 0 saturated carbocycles. The molecular formula is C23H23N3O3. The van der Waals surface area contributed by atoms with Gasteiger partial charge >= 0.3 is 6.03 Å². The minimum absolute atomic E-state index is 0.177. The lowest BCUT2D eigenvalue weighted by Gasteiger charge is -2.27. The van der Waals surface area contributed by atoms with Crippen molar-refractivity contribution >= 4 is 28.1 Å². The number of hydrogen-bond acceptors (Lipinski definition) is 4. The Labute approximate surface area is 169 Å². The summed E-state index contributed by atoms with van der Waals surface area (Å²) in [5.41, 5.74) is 3.03. The van der Waals surface area contributed by atoms with Crippen molar-refractivity contribution in [3.8, 4) is 11.8 Å². The maximum Gasteiger partial charge on any atom is 0.322 e. The molecule has 148 valence electrons. The number of rotatable bonds is 4. The molecule has 6 nitrogen and oxygen atoms in total. The maximum absolute atomic E-state index is 12.7. The van der Waals surface area contributed by atoms with Gasteiger partial charge in [-0.3, -0.25) is 0 Å². The molecule has 0 unspecified atom stereocenters. The Bertz CT molecular complexity index is 1070. The van der Waals surface area contributed by atoms with Crippen LogP contribution in [0.2, 0.25) is 0 Å². The van der Waals surface area contributed by atoms with Crippen LogP contribution < -0.4 is 14.8 Å². The third kappa shape index (κ3) is 3.87. The first-order valence-electron chi connectivity index (χ1n) is 9.51. The molecule has 4 rings (SSSR count). The summed E-state index contributed by atoms with van der Waals surface area (Å²) < 4.78 is 10.4. The molecule has 2 heterocycles. The lowest BCUT2D eigenvalue weighted by molar-refractivity contribution is 0.217. The van der Waals surface area contributed by atoms with Gasteiger partial charge in [-0.05, 0) is 34.4 Å². The summed E-state index contributed by atoms with van der Waals surface area (Å²) in [5.74, 6) is 0.752. The summed E-state index contributed by atoms with van der Waals surface area (Å²) in [6, 6.07) is 18.0. The van der Waals surface area contributed by atoms with Crippen LogP contribution >= 0.6 is 0 Å². The number of nitrogens with zero attached hydrogens (tertiary/aromatic N) is 2. The zero-order valence-electron chi connectivity index (χ0n) is 16.5. The summed E-state index contributed by atoms with van der Waals surface area (Å²) in [4.78, 5) is 18.7. The van der Waals surface area contributed by atoms with Gasteiger partial charge in [-0.1, -0.05) is 48.5 Å². The van der Waals surface area contributed by atoms with Gasteiger partial charge in [-0.25, -0.2) is 4.79 Å². The molecule has 2 amide bonds. The molecule has 0 atom stereocenters. The Morgan fingerprint density at radius 1 is 1.03 bits per heavy atom. The van der Waals surface area contributed by atoms with Crippen LogP contribution in [0.3, 0.4) is 0 Å². The number of urea groups is 1. The molecule has 2 aromatic carbocycles. The zero-order valence-corrected chi connectivity index (χ0v) is 16.5. The molecule has 0 spiro atoms. The van der Waals surface area contributed by atoms with E-state index in [-0.39, 0.29) is 6.03 Å². The van der Waals surface area contributed by atoms with E-state index in [0.717, 1.165) is 6.42 Å². The Morgan fingerprint density at radius 3 is 2.62 bits per heavy atom. The number of pyridine rings is 1. The predicted molar refractivity (Wildman–Crippen MR) is 114 cm³/mol. The first kappa shape index (κ1) is 18.8. The van der Waals surface area contributed by atoms with E-state index in [1.54, 1.807) is 17.0 Å². The van der Waals surface area contributed by atoms with Gasteiger partial charge in [0.15, 0.2) is 0 Å². The van der Waals surface area contributed by atoms with E-state index in [1.165, 1.54) is 36.1 Å². The van der Waals surface area contributed by atoms with E-state index < -0.39 is 0 Å². The number of nitrogens with one attached hydrogen (secondary N) is 1. The summed E-state index contributed by atoms with van der Waals surface area (Å²) >= 11 is 0. The summed E-state index contributed by atoms with van der Waals surface area (Å²) in [6.45, 7) is 1.20. The van der Waals surface area contributed by atoms with E-state index in [2.05, 4.69) is 58.8 Å². The molecule has 1 aliphatic heterocycles. The average molecular weight is 389 g/mol. The Morgan fingerprint density at radius 2 is 1.86 bits per heavy atom. The van der Waals surface area contributed by atoms with Gasteiger partial charge < -0.3 is 19.7 Å². The number of hydrogen-bond donors (Lipinski definition) is 1. The van der Waals surface area contributed by atoms with Crippen LogP contribution in [0.15, 0.2) is 60.7 Å². The quantitative estimate of drug-likeness (QED) is 0.710. The van der Waals surface area contributed by atoms with Crippen LogP contribution in [0, 0.1) is 0 Å². The van der Waals surface area contributed by atoms with Crippen molar-refractivity contribution in [2.24, 2.45) is 0 Å². The van der Waals surface area contributed by atoms with Crippen LogP contribution in [-0.2, 0) is 0 Å². The lowest BCUT2D eigenvalue weighted by Crippen LogP contribution is -2.38. The fraction of sp³-hybridized carbons (Fsp3) is 0.217. The second kappa shape index (κ2) is 8.22. The van der Waals surface area contributed by atoms with Crippen LogP contribution in [0.25, 0.3) is 16.3 Å². The van der Waals surface area contributed by atoms with Gasteiger partial charge in [0.05, 0.1) is 14.2 Å². The maximum atomic E-state index is 12.7. The second-order valence-corrected chi connectivity index (χ2v) is 6.79. The number of methoxy groups -OCH3 is 2. The summed E-state index contributed by atoms with van der Waals surface area (Å²) in [6.07, 6.45) is 2.94. The average Bonchev–Trinajstić information content (AvgIpc) is 2.79. The molecule has 0 fully saturated rings. The minimum atomic E-state index is -0.177. The standard InChI is InChI=1S/C23H23N3O3/c1-28-21-11-10-20(22(25-21)29-2)24-23(27)26-14-12-17(13-15-26)19-9-5-7-16-6-3-4-8-18(16)19/h3-12H,13-15H2,1-2H3,(H,24,27). The van der Waals surface area contributed by atoms with Crippen molar-refractivity contribution in [1.82, 2.24) is 9.88 Å². The van der Waals surface area contributed by atoms with Gasteiger partial charge in [0, 0.05) is 19.2 Å². The third-order valence-corrected chi connectivity index (χ3v) is 5.11. The fourth-order valence-electron chi connectivity index (χ4n) is 3.59. The number of aromatic nitrogens is 1. The molecule has 29 heavy (non-hydrogen) atoms. The SMILES string of the molecule is COc1ccc(NC(=O)N2CC=C(c3cccc4ccccc34)CC2)c(OC)n1. The Balaban J connectivity index is 1.49. The molecule has 1 aliphatic rings. The molecule has 6 heteroatoms. The van der Waals surface area contributed by atoms with Crippen molar-refractivity contribution in [2.75, 3.05) is 32.6 Å². The van der Waals surface area contributed by atoms with Crippen molar-refractivity contribution in [3.05, 3.63) is 66.2 Å². The van der Waals surface area contributed by atoms with Crippen LogP contribution in [0.4, 0.5) is 10.5 Å². The highest BCUT2D eigenvalue weighted by Gasteiger charge is 2.20. The van der Waals surface area contributed by atoms with Crippen molar-refractivity contribution in [2.45, 2.75) is 6.42 Å². The van der Waals surface area contributed by atoms with Crippen LogP contribution in [-0.4, -0.2) is 43.2 Å². The molecule has 0 radical (unpaired) electrons. The van der Waals surface area contributed by atoms with Crippen LogP contribution in [0.5, 0.6) is 11.8 Å². The third-order valence-electron chi connectivity index (χ3n) is 5.11. The zero-order chi connectivity index (χ0) is 20.2. The normalized spacial score (nSPS) is 13.7. The number of anilines is 1. The number of ether oxygens (including phenoxy) is 2. The topological polar surface area (TPSA) is 63.7 Å². The molecule has 0 saturated heterocycles. The smallest absolute Gasteiger partial charge is 0.322 e. The highest BCUT2D eigenvalue weighted by molar-refractivity contribution is 5.95. The van der Waals surface area contributed by atoms with Crippen molar-refractivity contribution in [1.29, 1.82) is 0 Å². The molecular weight excluding hydrogens is 366 g/mol. The van der Waals surface area contributed by atoms with E-state index in [1.807, 2.05) is 0 Å². The van der Waals surface area contributed by atoms with E-state index in [9.17, 15) is 4.79 Å². The van der Waals surface area contributed by atoms with Crippen LogP contribution in [0.1, 0.15) is 12.0 Å². The van der Waals surface area contributed by atoms with Gasteiger partial charge in [0.1, 0.15) is 5.69 Å². The second-order valence-electron chi connectivity index (χ2n) is 6.79. The number of carbonyl (C=O) groups is 1. The van der Waals surface area contributed by atoms with E-state index in [0.29, 0.717) is 30.5 Å². The first-order chi connectivity index (χ1) is 14.2. The van der Waals surface area contributed by atoms with Gasteiger partial charge in [-0.15, -0.1) is 0 Å². The molecule has 0 aliphatic carbocycles. The molecule has 0 bridgehead atoms. The van der Waals surface area contributed by atoms with Gasteiger partial charge in [0.25, 0.3) is 0 Å². The number of fused-ring (bicyclic) bond motifs is 1. The predicted octanol–water partition coefficient (Wildman–Crippen LogP) is 4.57. The molecule has 1 N–H and O–H groups in total. The fourth-order valence-corrected chi connectivity index (χ4v) is 3.59. The van der Waals surface area contributed by atoms with Gasteiger partial charge in [-0.2, -0.15) is 4.98 Å². The number of carbonyl (C=O) groups excluding carboxylic acids is 1. The molecule has 3 aromatic rings. The first-order valence-corrected chi connectivity index (χ1v) is 9.51. The van der Waals surface area contributed by atoms with Crippen molar-refractivity contribution < 1.29 is 14.3 Å². The summed E-state index contributed by atoms with van der Waals surface area (Å²) in [5, 5.41) is 5.35. The van der Waals surface area contributed by atoms with Crippen molar-refractivity contribution in [3.63, 3.8) is 0 Å². The summed E-state index contributed by atoms with van der Waals surface area (Å²) in [7, 11) is 3.05. The Hall–Kier alpha value is -3.54. The number of benzene rings is 2. The van der Waals surface area contributed by atoms with Gasteiger partial charge in [0.2, 0.25) is 11.8 Å². The minimum Gasteiger partial charge on any atom is -0.481 e. The highest BCUT2D eigenvalue weighted by Crippen LogP contribution is 2.30. The number of amides is 2. The highest BCUT2D eigenvalue weighted by atomic mass is 16.5.